The smallest absolute Gasteiger partial charge is 0.210 e. The van der Waals surface area contributed by atoms with E-state index >= 15 is 0 Å². The van der Waals surface area contributed by atoms with Gasteiger partial charge >= 0.3 is 0 Å². The molecule has 20 heavy (non-hydrogen) atoms. The largest absolute Gasteiger partial charge is 0.377 e. The van der Waals surface area contributed by atoms with Gasteiger partial charge in [-0.3, -0.25) is 4.98 Å². The Morgan fingerprint density at radius 3 is 2.90 bits per heavy atom. The van der Waals surface area contributed by atoms with E-state index in [-0.39, 0.29) is 0 Å². The van der Waals surface area contributed by atoms with Crippen LogP contribution in [-0.4, -0.2) is 38.3 Å². The van der Waals surface area contributed by atoms with E-state index in [2.05, 4.69) is 15.2 Å². The number of hydrogen-bond acceptors (Lipinski definition) is 6. The Balaban J connectivity index is 1.67. The second-order valence-corrected chi connectivity index (χ2v) is 5.70. The maximum Gasteiger partial charge on any atom is 0.210 e. The van der Waals surface area contributed by atoms with Gasteiger partial charge in [0.25, 0.3) is 0 Å². The van der Waals surface area contributed by atoms with Crippen LogP contribution in [0.5, 0.6) is 0 Å². The van der Waals surface area contributed by atoms with Crippen molar-refractivity contribution in [3.8, 4) is 11.4 Å². The van der Waals surface area contributed by atoms with Crippen molar-refractivity contribution in [2.45, 2.75) is 30.5 Å². The topological polar surface area (TPSA) is 78.9 Å². The highest BCUT2D eigenvalue weighted by atomic mass is 32.2. The number of aromatic nitrogens is 4. The van der Waals surface area contributed by atoms with Crippen LogP contribution in [0.15, 0.2) is 29.7 Å². The van der Waals surface area contributed by atoms with Crippen molar-refractivity contribution >= 4 is 11.8 Å². The minimum Gasteiger partial charge on any atom is -0.377 e. The van der Waals surface area contributed by atoms with Gasteiger partial charge < -0.3 is 10.6 Å². The molecule has 2 N–H and O–H groups in total. The van der Waals surface area contributed by atoms with Crippen LogP contribution >= 0.6 is 11.8 Å². The zero-order valence-corrected chi connectivity index (χ0v) is 11.9. The lowest BCUT2D eigenvalue weighted by Gasteiger charge is -2.21. The van der Waals surface area contributed by atoms with E-state index in [0.717, 1.165) is 24.3 Å². The fourth-order valence-corrected chi connectivity index (χ4v) is 3.10. The van der Waals surface area contributed by atoms with Crippen LogP contribution in [-0.2, 0) is 4.74 Å². The van der Waals surface area contributed by atoms with E-state index < -0.39 is 0 Å². The monoisotopic (exact) mass is 291 g/mol. The van der Waals surface area contributed by atoms with Crippen molar-refractivity contribution in [2.24, 2.45) is 0 Å². The molecule has 1 atom stereocenters. The quantitative estimate of drug-likeness (QED) is 0.682. The second-order valence-electron chi connectivity index (χ2n) is 4.71. The maximum absolute atomic E-state index is 6.06. The molecule has 0 aliphatic carbocycles. The molecule has 2 aromatic heterocycles. The molecule has 1 aliphatic rings. The Hall–Kier alpha value is -1.60. The average Bonchev–Trinajstić information content (AvgIpc) is 2.88. The molecule has 106 valence electrons. The molecular formula is C13H17N5OS. The summed E-state index contributed by atoms with van der Waals surface area (Å²) in [4.78, 5) is 3.98. The lowest BCUT2D eigenvalue weighted by molar-refractivity contribution is 0.0315. The highest BCUT2D eigenvalue weighted by Crippen LogP contribution is 2.24. The average molecular weight is 291 g/mol. The predicted octanol–water partition coefficient (Wildman–Crippen LogP) is 1.72. The number of pyridine rings is 1. The van der Waals surface area contributed by atoms with Gasteiger partial charge in [-0.05, 0) is 31.4 Å². The van der Waals surface area contributed by atoms with Gasteiger partial charge in [-0.1, -0.05) is 11.8 Å². The molecule has 0 unspecified atom stereocenters. The molecule has 0 aromatic carbocycles. The first-order valence-electron chi connectivity index (χ1n) is 6.70. The van der Waals surface area contributed by atoms with Crippen LogP contribution in [0.1, 0.15) is 19.3 Å². The van der Waals surface area contributed by atoms with Gasteiger partial charge in [0.1, 0.15) is 0 Å². The summed E-state index contributed by atoms with van der Waals surface area (Å²) in [6.07, 6.45) is 7.25. The third-order valence-electron chi connectivity index (χ3n) is 3.28. The molecule has 1 aliphatic heterocycles. The number of nitrogens with zero attached hydrogens (tertiary/aromatic N) is 4. The molecule has 2 aromatic rings. The summed E-state index contributed by atoms with van der Waals surface area (Å²) in [5, 5.41) is 9.01. The molecule has 0 radical (unpaired) electrons. The van der Waals surface area contributed by atoms with E-state index in [4.69, 9.17) is 10.6 Å². The number of nitrogen functional groups attached to an aromatic ring is 1. The van der Waals surface area contributed by atoms with E-state index in [1.807, 2.05) is 12.1 Å². The van der Waals surface area contributed by atoms with Crippen molar-refractivity contribution < 1.29 is 4.74 Å². The van der Waals surface area contributed by atoms with Crippen molar-refractivity contribution in [3.05, 3.63) is 24.5 Å². The Morgan fingerprint density at radius 1 is 1.30 bits per heavy atom. The third-order valence-corrected chi connectivity index (χ3v) is 4.35. The Labute approximate surface area is 121 Å². The summed E-state index contributed by atoms with van der Waals surface area (Å²) in [6.45, 7) is 0.864. The molecule has 6 nitrogen and oxygen atoms in total. The fraction of sp³-hybridized carbons (Fsp3) is 0.462. The zero-order valence-electron chi connectivity index (χ0n) is 11.1. The van der Waals surface area contributed by atoms with E-state index in [1.165, 1.54) is 17.5 Å². The molecule has 3 rings (SSSR count). The Kier molecular flexibility index (Phi) is 4.17. The molecule has 3 heterocycles. The maximum atomic E-state index is 6.06. The minimum atomic E-state index is 0.301. The van der Waals surface area contributed by atoms with Crippen molar-refractivity contribution in [2.75, 3.05) is 18.2 Å². The van der Waals surface area contributed by atoms with E-state index in [1.54, 1.807) is 24.2 Å². The van der Waals surface area contributed by atoms with Gasteiger partial charge in [0.2, 0.25) is 5.16 Å². The zero-order chi connectivity index (χ0) is 13.8. The van der Waals surface area contributed by atoms with Gasteiger partial charge in [0.05, 0.1) is 6.10 Å². The number of nitrogens with two attached hydrogens (primary N) is 1. The van der Waals surface area contributed by atoms with Gasteiger partial charge in [0.15, 0.2) is 5.82 Å². The summed E-state index contributed by atoms with van der Waals surface area (Å²) in [5.74, 6) is 7.58. The number of rotatable bonds is 4. The van der Waals surface area contributed by atoms with Crippen LogP contribution in [0.2, 0.25) is 0 Å². The summed E-state index contributed by atoms with van der Waals surface area (Å²) >= 11 is 1.59. The highest BCUT2D eigenvalue weighted by molar-refractivity contribution is 7.99. The molecule has 0 saturated carbocycles. The van der Waals surface area contributed by atoms with E-state index in [0.29, 0.717) is 17.1 Å². The summed E-state index contributed by atoms with van der Waals surface area (Å²) in [5.41, 5.74) is 0.913. The third kappa shape index (κ3) is 2.94. The molecule has 0 spiro atoms. The van der Waals surface area contributed by atoms with Crippen molar-refractivity contribution in [3.63, 3.8) is 0 Å². The first-order valence-corrected chi connectivity index (χ1v) is 7.68. The first kappa shape index (κ1) is 13.4. The minimum absolute atomic E-state index is 0.301. The van der Waals surface area contributed by atoms with Crippen LogP contribution in [0.25, 0.3) is 11.4 Å². The van der Waals surface area contributed by atoms with Crippen LogP contribution in [0.3, 0.4) is 0 Å². The van der Waals surface area contributed by atoms with Gasteiger partial charge in [0, 0.05) is 30.3 Å². The van der Waals surface area contributed by atoms with E-state index in [9.17, 15) is 0 Å². The van der Waals surface area contributed by atoms with Crippen molar-refractivity contribution in [1.82, 2.24) is 19.9 Å². The van der Waals surface area contributed by atoms with Crippen LogP contribution in [0.4, 0.5) is 0 Å². The highest BCUT2D eigenvalue weighted by Gasteiger charge is 2.17. The van der Waals surface area contributed by atoms with Gasteiger partial charge in [-0.15, -0.1) is 10.2 Å². The number of ether oxygens (including phenoxy) is 1. The second kappa shape index (κ2) is 6.23. The molecule has 1 saturated heterocycles. The van der Waals surface area contributed by atoms with Crippen LogP contribution < -0.4 is 5.84 Å². The number of thioether (sulfide) groups is 1. The summed E-state index contributed by atoms with van der Waals surface area (Å²) in [6, 6.07) is 3.73. The molecular weight excluding hydrogens is 274 g/mol. The predicted molar refractivity (Wildman–Crippen MR) is 77.7 cm³/mol. The van der Waals surface area contributed by atoms with Crippen LogP contribution in [0, 0.1) is 0 Å². The molecule has 1 fully saturated rings. The lowest BCUT2D eigenvalue weighted by atomic mass is 10.1. The van der Waals surface area contributed by atoms with Gasteiger partial charge in [-0.25, -0.2) is 4.68 Å². The SMILES string of the molecule is Nn1c(SC[C@H]2CCCCO2)nnc1-c1ccncc1. The summed E-state index contributed by atoms with van der Waals surface area (Å²) in [7, 11) is 0. The number of hydrogen-bond donors (Lipinski definition) is 1. The lowest BCUT2D eigenvalue weighted by Crippen LogP contribution is -2.22. The Morgan fingerprint density at radius 2 is 2.15 bits per heavy atom. The Bertz CT molecular complexity index is 553. The van der Waals surface area contributed by atoms with Gasteiger partial charge in [-0.2, -0.15) is 0 Å². The summed E-state index contributed by atoms with van der Waals surface area (Å²) < 4.78 is 7.23. The fourth-order valence-electron chi connectivity index (χ4n) is 2.18. The standard InChI is InChI=1S/C13H17N5OS/c14-18-12(10-4-6-15-7-5-10)16-17-13(18)20-9-11-3-1-2-8-19-11/h4-7,11H,1-3,8-9,14H2/t11-/m1/s1. The molecule has 0 bridgehead atoms. The van der Waals surface area contributed by atoms with Crippen molar-refractivity contribution in [1.29, 1.82) is 0 Å². The normalized spacial score (nSPS) is 19.1. The first-order chi connectivity index (χ1) is 9.84. The molecule has 7 heteroatoms. The molecule has 0 amide bonds.